The van der Waals surface area contributed by atoms with Crippen LogP contribution >= 0.6 is 68.0 Å². The first kappa shape index (κ1) is 47.0. The van der Waals surface area contributed by atoms with Crippen LogP contribution < -0.4 is 23.8 Å². The van der Waals surface area contributed by atoms with Gasteiger partial charge in [-0.05, 0) is 106 Å². The molecule has 0 spiro atoms. The van der Waals surface area contributed by atoms with E-state index in [1.54, 1.807) is 57.7 Å². The number of hydrogen-bond acceptors (Lipinski definition) is 15. The first-order chi connectivity index (χ1) is 37.5. The van der Waals surface area contributed by atoms with Crippen LogP contribution in [0.3, 0.4) is 0 Å². The summed E-state index contributed by atoms with van der Waals surface area (Å²) in [5.41, 5.74) is 11.6. The summed E-state index contributed by atoms with van der Waals surface area (Å²) in [7, 11) is 0. The molecule has 380 valence electrons. The van der Waals surface area contributed by atoms with Crippen molar-refractivity contribution in [3.8, 4) is 115 Å². The molecule has 0 radical (unpaired) electrons. The molecule has 4 aliphatic rings. The van der Waals surface area contributed by atoms with Crippen LogP contribution in [0, 0.1) is 0 Å². The number of thiophene rings is 6. The number of benzene rings is 3. The molecule has 2 aliphatic heterocycles. The molecule has 0 atom stereocenters. The molecular weight excluding hydrogens is 1080 g/mol. The van der Waals surface area contributed by atoms with Crippen LogP contribution in [0.4, 0.5) is 17.1 Å². The van der Waals surface area contributed by atoms with E-state index in [-0.39, 0.29) is 22.3 Å². The number of anilines is 3. The average Bonchev–Trinajstić information content (AvgIpc) is 4.53. The first-order valence-corrected chi connectivity index (χ1v) is 30.2. The lowest BCUT2D eigenvalue weighted by Crippen LogP contribution is -2.15. The molecular formula is C62H45N3O6S6. The van der Waals surface area contributed by atoms with E-state index in [1.165, 1.54) is 54.2 Å². The van der Waals surface area contributed by atoms with Crippen LogP contribution in [0.1, 0.15) is 49.9 Å². The van der Waals surface area contributed by atoms with E-state index in [0.717, 1.165) is 101 Å². The zero-order valence-corrected chi connectivity index (χ0v) is 46.8. The van der Waals surface area contributed by atoms with E-state index in [1.807, 2.05) is 34.8 Å². The summed E-state index contributed by atoms with van der Waals surface area (Å²) in [6.45, 7) is 11.1. The molecule has 77 heavy (non-hydrogen) atoms. The number of aromatic hydroxyl groups is 2. The van der Waals surface area contributed by atoms with Gasteiger partial charge in [0.2, 0.25) is 0 Å². The molecule has 9 nitrogen and oxygen atoms in total. The molecule has 11 aromatic rings. The summed E-state index contributed by atoms with van der Waals surface area (Å²) in [5, 5.41) is 21.3. The van der Waals surface area contributed by atoms with E-state index in [4.69, 9.17) is 18.9 Å². The highest BCUT2D eigenvalue weighted by Crippen LogP contribution is 2.64. The topological polar surface area (TPSA) is 106 Å². The molecule has 2 N–H and O–H groups in total. The van der Waals surface area contributed by atoms with Gasteiger partial charge in [0, 0.05) is 90.4 Å². The van der Waals surface area contributed by atoms with Crippen molar-refractivity contribution < 1.29 is 29.2 Å². The predicted octanol–water partition coefficient (Wildman–Crippen LogP) is 17.9. The molecule has 0 amide bonds. The van der Waals surface area contributed by atoms with Crippen molar-refractivity contribution in [1.82, 2.24) is 9.97 Å². The van der Waals surface area contributed by atoms with Crippen LogP contribution in [0.25, 0.3) is 80.8 Å². The number of ether oxygens (including phenoxy) is 4. The third-order valence-corrected chi connectivity index (χ3v) is 22.9. The normalized spacial score (nSPS) is 15.0. The number of fused-ring (bicyclic) bond motifs is 8. The third-order valence-electron chi connectivity index (χ3n) is 15.2. The van der Waals surface area contributed by atoms with Crippen LogP contribution in [-0.4, -0.2) is 46.6 Å². The molecule has 0 saturated heterocycles. The van der Waals surface area contributed by atoms with E-state index in [0.29, 0.717) is 26.4 Å². The van der Waals surface area contributed by atoms with Gasteiger partial charge in [-0.25, -0.2) is 0 Å². The van der Waals surface area contributed by atoms with Crippen molar-refractivity contribution in [3.63, 3.8) is 0 Å². The van der Waals surface area contributed by atoms with E-state index < -0.39 is 0 Å². The minimum absolute atomic E-state index is 0.193. The van der Waals surface area contributed by atoms with Gasteiger partial charge in [-0.3, -0.25) is 9.97 Å². The number of aromatic nitrogens is 2. The van der Waals surface area contributed by atoms with Crippen LogP contribution in [0.2, 0.25) is 0 Å². The Morgan fingerprint density at radius 1 is 0.403 bits per heavy atom. The van der Waals surface area contributed by atoms with Crippen molar-refractivity contribution in [2.45, 2.75) is 38.5 Å². The minimum atomic E-state index is -0.203. The maximum absolute atomic E-state index is 10.7. The number of pyridine rings is 2. The predicted molar refractivity (Wildman–Crippen MR) is 317 cm³/mol. The van der Waals surface area contributed by atoms with Gasteiger partial charge >= 0.3 is 0 Å². The monoisotopic (exact) mass is 1120 g/mol. The molecule has 2 aliphatic carbocycles. The second kappa shape index (κ2) is 17.6. The molecule has 15 heteroatoms. The van der Waals surface area contributed by atoms with E-state index in [2.05, 4.69) is 146 Å². The van der Waals surface area contributed by atoms with Crippen LogP contribution in [0.15, 0.2) is 140 Å². The summed E-state index contributed by atoms with van der Waals surface area (Å²) in [6, 6.07) is 41.0. The number of para-hydroxylation sites is 1. The highest BCUT2D eigenvalue weighted by atomic mass is 32.1. The largest absolute Gasteiger partial charge is 0.506 e. The van der Waals surface area contributed by atoms with Crippen LogP contribution in [-0.2, 0) is 10.8 Å². The zero-order valence-electron chi connectivity index (χ0n) is 41.9. The summed E-state index contributed by atoms with van der Waals surface area (Å²) < 4.78 is 25.8. The van der Waals surface area contributed by atoms with Gasteiger partial charge in [0.1, 0.15) is 37.9 Å². The standard InChI is InChI=1S/C62H45N3O6S6/c1-61(2)39-26-45(37-18-20-63-30-43(37)66)72-55(39)57-41(61)28-47(74-57)59-51-49(68-22-24-70-51)53(76-59)32-10-14-35(15-11-32)65(34-8-6-5-7-9-34)36-16-12-33(13-17-36)54-50-52(71-25-23-69-50)60(77-54)48-29-42-58(75-48)56-40(62(42,3)4)27-46(73-56)38-19-21-64-31-44(38)67/h5-21,26-31,66-67H,22-25H2,1-4H3. The molecule has 0 unspecified atom stereocenters. The third kappa shape index (κ3) is 7.31. The van der Waals surface area contributed by atoms with Gasteiger partial charge in [0.25, 0.3) is 0 Å². The molecule has 8 aromatic heterocycles. The maximum atomic E-state index is 10.7. The Hall–Kier alpha value is -7.24. The summed E-state index contributed by atoms with van der Waals surface area (Å²) in [4.78, 5) is 24.2. The van der Waals surface area contributed by atoms with Gasteiger partial charge in [0.15, 0.2) is 23.0 Å². The van der Waals surface area contributed by atoms with Crippen molar-refractivity contribution >= 4 is 85.1 Å². The molecule has 10 heterocycles. The van der Waals surface area contributed by atoms with Gasteiger partial charge in [-0.1, -0.05) is 70.2 Å². The van der Waals surface area contributed by atoms with Crippen molar-refractivity contribution in [2.24, 2.45) is 0 Å². The molecule has 0 saturated carbocycles. The SMILES string of the molecule is CC1(C)c2cc(-c3ccncc3O)sc2-c2sc(-c3sc(-c4ccc(N(c5ccccc5)c5ccc(-c6sc(-c7cc8c(s7)-c7sc(-c9ccncc9O)cc7C8(C)C)c7c6OCCO7)cc5)cc4)c4c3OCCO4)cc21. The maximum Gasteiger partial charge on any atom is 0.181 e. The lowest BCUT2D eigenvalue weighted by Gasteiger charge is -2.26. The van der Waals surface area contributed by atoms with Crippen molar-refractivity contribution in [1.29, 1.82) is 0 Å². The zero-order chi connectivity index (χ0) is 51.9. The van der Waals surface area contributed by atoms with Crippen molar-refractivity contribution in [3.05, 3.63) is 162 Å². The summed E-state index contributed by atoms with van der Waals surface area (Å²) in [5.74, 6) is 3.61. The fraction of sp³-hybridized carbons (Fsp3) is 0.161. The van der Waals surface area contributed by atoms with E-state index >= 15 is 0 Å². The Morgan fingerprint density at radius 2 is 0.753 bits per heavy atom. The highest BCUT2D eigenvalue weighted by molar-refractivity contribution is 7.29. The van der Waals surface area contributed by atoms with Gasteiger partial charge < -0.3 is 34.1 Å². The van der Waals surface area contributed by atoms with Crippen molar-refractivity contribution in [2.75, 3.05) is 31.3 Å². The fourth-order valence-corrected chi connectivity index (χ4v) is 19.5. The molecule has 15 rings (SSSR count). The molecule has 0 fully saturated rings. The number of rotatable bonds is 9. The van der Waals surface area contributed by atoms with Gasteiger partial charge in [-0.15, -0.1) is 68.0 Å². The Bertz CT molecular complexity index is 3910. The summed E-state index contributed by atoms with van der Waals surface area (Å²) in [6.07, 6.45) is 6.48. The molecule has 3 aromatic carbocycles. The smallest absolute Gasteiger partial charge is 0.181 e. The molecule has 0 bridgehead atoms. The Balaban J connectivity index is 0.743. The fourth-order valence-electron chi connectivity index (χ4n) is 11.2. The van der Waals surface area contributed by atoms with E-state index in [9.17, 15) is 10.2 Å². The Morgan fingerprint density at radius 3 is 1.14 bits per heavy atom. The quantitative estimate of drug-likeness (QED) is 0.146. The van der Waals surface area contributed by atoms with Gasteiger partial charge in [0.05, 0.1) is 31.9 Å². The first-order valence-electron chi connectivity index (χ1n) is 25.3. The van der Waals surface area contributed by atoms with Crippen LogP contribution in [0.5, 0.6) is 34.5 Å². The average molecular weight is 1120 g/mol. The number of nitrogens with zero attached hydrogens (tertiary/aromatic N) is 3. The second-order valence-electron chi connectivity index (χ2n) is 20.4. The van der Waals surface area contributed by atoms with Gasteiger partial charge in [-0.2, -0.15) is 0 Å². The lowest BCUT2D eigenvalue weighted by atomic mass is 9.83. The Labute approximate surface area is 468 Å². The second-order valence-corrected chi connectivity index (χ2v) is 26.7. The summed E-state index contributed by atoms with van der Waals surface area (Å²) >= 11 is 10.5. The lowest BCUT2D eigenvalue weighted by molar-refractivity contribution is 0.175. The minimum Gasteiger partial charge on any atom is -0.506 e. The number of hydrogen-bond donors (Lipinski definition) is 2. The Kier molecular flexibility index (Phi) is 10.8. The highest BCUT2D eigenvalue weighted by Gasteiger charge is 2.43.